The van der Waals surface area contributed by atoms with Gasteiger partial charge in [0.2, 0.25) is 0 Å². The molecule has 13 heteroatoms. The van der Waals surface area contributed by atoms with Crippen molar-refractivity contribution in [3.63, 3.8) is 0 Å². The van der Waals surface area contributed by atoms with E-state index in [9.17, 15) is 0 Å². The van der Waals surface area contributed by atoms with Crippen molar-refractivity contribution in [1.82, 2.24) is 50.3 Å². The van der Waals surface area contributed by atoms with Crippen molar-refractivity contribution in [2.75, 3.05) is 0 Å². The molecule has 4 heterocycles. The third-order valence-electron chi connectivity index (χ3n) is 5.59. The number of fused-ring (bicyclic) bond motifs is 2. The summed E-state index contributed by atoms with van der Waals surface area (Å²) in [4.78, 5) is 9.94. The van der Waals surface area contributed by atoms with Gasteiger partial charge in [0.05, 0.1) is 42.9 Å². The van der Waals surface area contributed by atoms with Gasteiger partial charge in [0, 0.05) is 22.8 Å². The Kier molecular flexibility index (Phi) is 5.35. The van der Waals surface area contributed by atoms with Crippen molar-refractivity contribution in [2.24, 2.45) is 15.3 Å². The Balaban J connectivity index is 1.40. The maximum Gasteiger partial charge on any atom is 0.162 e. The smallest absolute Gasteiger partial charge is 0.162 e. The van der Waals surface area contributed by atoms with E-state index < -0.39 is 0 Å². The van der Waals surface area contributed by atoms with Crippen molar-refractivity contribution in [3.05, 3.63) is 35.2 Å². The molecule has 2 atom stereocenters. The summed E-state index contributed by atoms with van der Waals surface area (Å²) < 4.78 is 0. The highest BCUT2D eigenvalue weighted by Crippen LogP contribution is 2.19. The van der Waals surface area contributed by atoms with E-state index in [1.165, 1.54) is 12.7 Å². The van der Waals surface area contributed by atoms with Crippen LogP contribution in [0.15, 0.2) is 40.1 Å². The number of aromatic nitrogens is 8. The summed E-state index contributed by atoms with van der Waals surface area (Å²) in [5.74, 6) is 0. The molecule has 5 rings (SSSR count). The molecule has 2 aliphatic rings. The minimum Gasteiger partial charge on any atom is -0.333 e. The second-order valence-electron chi connectivity index (χ2n) is 7.59. The van der Waals surface area contributed by atoms with E-state index >= 15 is 0 Å². The molecule has 0 unspecified atom stereocenters. The highest BCUT2D eigenvalue weighted by atomic mass is 15.6. The third kappa shape index (κ3) is 3.96. The van der Waals surface area contributed by atoms with Gasteiger partial charge in [0.1, 0.15) is 0 Å². The summed E-state index contributed by atoms with van der Waals surface area (Å²) in [6.07, 6.45) is 10.6. The van der Waals surface area contributed by atoms with Crippen LogP contribution >= 0.6 is 0 Å². The molecule has 0 radical (unpaired) electrons. The van der Waals surface area contributed by atoms with E-state index in [0.717, 1.165) is 34.7 Å². The second-order valence-corrected chi connectivity index (χ2v) is 7.59. The van der Waals surface area contributed by atoms with Crippen LogP contribution in [0.5, 0.6) is 0 Å². The van der Waals surface area contributed by atoms with Gasteiger partial charge in [-0.05, 0) is 35.4 Å². The first-order chi connectivity index (χ1) is 15.7. The van der Waals surface area contributed by atoms with E-state index in [-0.39, 0.29) is 12.1 Å². The molecular formula is C19H23N13. The summed E-state index contributed by atoms with van der Waals surface area (Å²) in [5, 5.41) is 36.4. The highest BCUT2D eigenvalue weighted by molar-refractivity contribution is 5.72. The quantitative estimate of drug-likeness (QED) is 0.498. The van der Waals surface area contributed by atoms with Crippen LogP contribution in [0.2, 0.25) is 0 Å². The molecule has 1 aromatic carbocycles. The van der Waals surface area contributed by atoms with Crippen molar-refractivity contribution in [2.45, 2.75) is 51.9 Å². The third-order valence-corrected chi connectivity index (χ3v) is 5.59. The summed E-state index contributed by atoms with van der Waals surface area (Å²) in [6.45, 7) is 5.43. The largest absolute Gasteiger partial charge is 0.333 e. The van der Waals surface area contributed by atoms with E-state index in [2.05, 4.69) is 66.1 Å². The number of rotatable bonds is 8. The van der Waals surface area contributed by atoms with Crippen LogP contribution in [0.4, 0.5) is 11.4 Å². The van der Waals surface area contributed by atoms with Crippen molar-refractivity contribution < 1.29 is 0 Å². The van der Waals surface area contributed by atoms with E-state index in [1.54, 1.807) is 9.59 Å². The van der Waals surface area contributed by atoms with E-state index in [0.29, 0.717) is 13.1 Å². The van der Waals surface area contributed by atoms with Gasteiger partial charge in [-0.25, -0.2) is 10.0 Å². The van der Waals surface area contributed by atoms with Crippen molar-refractivity contribution >= 4 is 30.1 Å². The van der Waals surface area contributed by atoms with Gasteiger partial charge in [-0.3, -0.25) is 0 Å². The fraction of sp³-hybridized carbons (Fsp3) is 0.421. The maximum absolute atomic E-state index is 4.69. The zero-order chi connectivity index (χ0) is 21.9. The molecule has 0 spiro atoms. The number of tetrazole rings is 2. The molecule has 0 saturated carbocycles. The monoisotopic (exact) mass is 433 g/mol. The van der Waals surface area contributed by atoms with Crippen LogP contribution in [0.25, 0.3) is 12.4 Å². The Morgan fingerprint density at radius 2 is 1.47 bits per heavy atom. The molecular weight excluding hydrogens is 410 g/mol. The van der Waals surface area contributed by atoms with Crippen LogP contribution < -0.4 is 10.4 Å². The van der Waals surface area contributed by atoms with Crippen LogP contribution in [-0.2, 0) is 13.1 Å². The first-order valence-corrected chi connectivity index (χ1v) is 10.5. The summed E-state index contributed by atoms with van der Waals surface area (Å²) >= 11 is 0. The average molecular weight is 433 g/mol. The maximum atomic E-state index is 4.69. The van der Waals surface area contributed by atoms with Gasteiger partial charge in [0.25, 0.3) is 0 Å². The Morgan fingerprint density at radius 3 is 2.12 bits per heavy atom. The first kappa shape index (κ1) is 19.9. The lowest BCUT2D eigenvalue weighted by Crippen LogP contribution is -2.37. The number of hydrogen-bond donors (Lipinski definition) is 0. The molecule has 2 aliphatic heterocycles. The zero-order valence-corrected chi connectivity index (χ0v) is 17.8. The molecule has 2 aromatic heterocycles. The molecule has 0 aliphatic carbocycles. The minimum absolute atomic E-state index is 0.0680. The second kappa shape index (κ2) is 8.61. The van der Waals surface area contributed by atoms with Crippen LogP contribution in [-0.4, -0.2) is 68.7 Å². The van der Waals surface area contributed by atoms with E-state index in [4.69, 9.17) is 4.99 Å². The molecule has 0 N–H and O–H groups in total. The number of aliphatic imine (C=N–C) groups is 1. The molecule has 3 aromatic rings. The summed E-state index contributed by atoms with van der Waals surface area (Å²) in [7, 11) is 0. The van der Waals surface area contributed by atoms with Gasteiger partial charge in [0.15, 0.2) is 12.7 Å². The average Bonchev–Trinajstić information content (AvgIpc) is 3.53. The fourth-order valence-corrected chi connectivity index (χ4v) is 3.74. The van der Waals surface area contributed by atoms with Gasteiger partial charge in [-0.1, -0.05) is 19.1 Å². The van der Waals surface area contributed by atoms with Gasteiger partial charge in [-0.2, -0.15) is 9.59 Å². The van der Waals surface area contributed by atoms with Crippen LogP contribution in [0.1, 0.15) is 26.7 Å². The zero-order valence-electron chi connectivity index (χ0n) is 17.8. The highest BCUT2D eigenvalue weighted by Gasteiger charge is 2.20. The van der Waals surface area contributed by atoms with E-state index in [1.807, 2.05) is 29.7 Å². The number of nitrogens with zero attached hydrogens (tertiary/aromatic N) is 13. The van der Waals surface area contributed by atoms with Crippen molar-refractivity contribution in [1.29, 1.82) is 0 Å². The Hall–Kier alpha value is -4.03. The Morgan fingerprint density at radius 1 is 0.812 bits per heavy atom. The molecule has 0 saturated heterocycles. The SMILES string of the molecule is CC[C@H](Cn1ncnn1)N1C=Nc2cc3c(cc2=C1)N=NN([C@H](CC)Cn1ncnn1)C=3. The molecule has 0 amide bonds. The molecule has 32 heavy (non-hydrogen) atoms. The Bertz CT molecular complexity index is 1130. The molecule has 13 nitrogen and oxygen atoms in total. The van der Waals surface area contributed by atoms with Crippen molar-refractivity contribution in [3.8, 4) is 0 Å². The molecule has 0 bridgehead atoms. The predicted molar refractivity (Wildman–Crippen MR) is 115 cm³/mol. The Labute approximate surface area is 183 Å². The number of benzene rings is 1. The lowest BCUT2D eigenvalue weighted by Gasteiger charge is -2.27. The first-order valence-electron chi connectivity index (χ1n) is 10.5. The standard InChI is InChI=1S/C19H23N13/c1-3-16(9-31-23-11-21-26-31)29-7-14-6-19-15(5-18(14)20-13-29)8-30(28-25-19)17(4-2)10-32-24-12-22-27-32/h5-8,11-13,16-17H,3-4,9-10H2,1-2H3/t16-,17-/m1/s1. The van der Waals surface area contributed by atoms with Crippen LogP contribution in [0, 0.1) is 0 Å². The lowest BCUT2D eigenvalue weighted by atomic mass is 10.1. The van der Waals surface area contributed by atoms with Gasteiger partial charge < -0.3 is 4.90 Å². The lowest BCUT2D eigenvalue weighted by molar-refractivity contribution is 0.242. The number of hydrogen-bond acceptors (Lipinski definition) is 11. The topological polar surface area (TPSA) is 131 Å². The van der Waals surface area contributed by atoms with Gasteiger partial charge in [-0.15, -0.1) is 25.5 Å². The summed E-state index contributed by atoms with van der Waals surface area (Å²) in [6, 6.07) is 4.29. The summed E-state index contributed by atoms with van der Waals surface area (Å²) in [5.41, 5.74) is 1.71. The predicted octanol–water partition coefficient (Wildman–Crippen LogP) is 0.383. The van der Waals surface area contributed by atoms with Gasteiger partial charge >= 0.3 is 0 Å². The van der Waals surface area contributed by atoms with Crippen LogP contribution in [0.3, 0.4) is 0 Å². The normalized spacial score (nSPS) is 16.2. The molecule has 0 fully saturated rings. The fourth-order valence-electron chi connectivity index (χ4n) is 3.74. The molecule has 164 valence electrons. The minimum atomic E-state index is 0.0680.